The summed E-state index contributed by atoms with van der Waals surface area (Å²) < 4.78 is 0. The number of phenolic OH excluding ortho intramolecular Hbond substituents is 1. The van der Waals surface area contributed by atoms with Crippen molar-refractivity contribution in [2.75, 3.05) is 0 Å². The molecule has 0 aliphatic rings. The van der Waals surface area contributed by atoms with Gasteiger partial charge in [-0.15, -0.1) is 0 Å². The number of nitrogens with zero attached hydrogens (tertiary/aromatic N) is 1. The highest BCUT2D eigenvalue weighted by Gasteiger charge is 2.14. The third kappa shape index (κ3) is 3.60. The number of amides is 1. The summed E-state index contributed by atoms with van der Waals surface area (Å²) >= 11 is 0. The Morgan fingerprint density at radius 1 is 1.45 bits per heavy atom. The molecule has 0 aliphatic heterocycles. The number of aryl methyl sites for hydroxylation is 1. The van der Waals surface area contributed by atoms with Crippen molar-refractivity contribution in [2.45, 2.75) is 32.2 Å². The molecule has 20 heavy (non-hydrogen) atoms. The van der Waals surface area contributed by atoms with E-state index in [9.17, 15) is 9.90 Å². The van der Waals surface area contributed by atoms with E-state index in [0.717, 1.165) is 17.8 Å². The predicted octanol–water partition coefficient (Wildman–Crippen LogP) is 2.32. The molecule has 2 aromatic rings. The Bertz CT molecular complexity index is 552. The van der Waals surface area contributed by atoms with Gasteiger partial charge in [0.05, 0.1) is 6.04 Å². The lowest BCUT2D eigenvalue weighted by Crippen LogP contribution is -2.29. The van der Waals surface area contributed by atoms with Crippen molar-refractivity contribution in [3.8, 4) is 5.75 Å². The Labute approximate surface area is 118 Å². The zero-order valence-corrected chi connectivity index (χ0v) is 11.5. The quantitative estimate of drug-likeness (QED) is 0.755. The molecular formula is C15H19N3O2. The molecule has 0 saturated carbocycles. The maximum Gasteiger partial charge on any atom is 0.220 e. The van der Waals surface area contributed by atoms with Gasteiger partial charge in [-0.2, -0.15) is 0 Å². The first-order valence-electron chi connectivity index (χ1n) is 6.76. The van der Waals surface area contributed by atoms with Crippen LogP contribution in [-0.2, 0) is 11.2 Å². The molecule has 1 amide bonds. The van der Waals surface area contributed by atoms with E-state index in [1.807, 2.05) is 19.1 Å². The number of carbonyl (C=O) groups excluding carboxylic acids is 1. The number of hydrogen-bond donors (Lipinski definition) is 3. The lowest BCUT2D eigenvalue weighted by Gasteiger charge is -2.14. The minimum absolute atomic E-state index is 0.0449. The van der Waals surface area contributed by atoms with Gasteiger partial charge in [-0.25, -0.2) is 4.98 Å². The fraction of sp³-hybridized carbons (Fsp3) is 0.333. The number of rotatable bonds is 6. The van der Waals surface area contributed by atoms with E-state index >= 15 is 0 Å². The van der Waals surface area contributed by atoms with E-state index in [1.165, 1.54) is 0 Å². The highest BCUT2D eigenvalue weighted by atomic mass is 16.3. The molecule has 0 saturated heterocycles. The predicted molar refractivity (Wildman–Crippen MR) is 76.2 cm³/mol. The highest BCUT2D eigenvalue weighted by molar-refractivity contribution is 5.76. The van der Waals surface area contributed by atoms with Crippen LogP contribution >= 0.6 is 0 Å². The van der Waals surface area contributed by atoms with E-state index in [2.05, 4.69) is 15.3 Å². The van der Waals surface area contributed by atoms with Gasteiger partial charge in [-0.1, -0.05) is 25.1 Å². The monoisotopic (exact) mass is 273 g/mol. The van der Waals surface area contributed by atoms with Gasteiger partial charge in [0.15, 0.2) is 0 Å². The molecule has 106 valence electrons. The Kier molecular flexibility index (Phi) is 4.76. The average Bonchev–Trinajstić information content (AvgIpc) is 2.98. The number of H-pyrrole nitrogens is 1. The third-order valence-corrected chi connectivity index (χ3v) is 3.21. The Hall–Kier alpha value is -2.30. The van der Waals surface area contributed by atoms with Crippen molar-refractivity contribution in [1.29, 1.82) is 0 Å². The molecule has 3 N–H and O–H groups in total. The van der Waals surface area contributed by atoms with E-state index in [0.29, 0.717) is 12.8 Å². The van der Waals surface area contributed by atoms with Crippen LogP contribution in [0.15, 0.2) is 36.7 Å². The summed E-state index contributed by atoms with van der Waals surface area (Å²) in [5.74, 6) is 0.957. The summed E-state index contributed by atoms with van der Waals surface area (Å²) in [6.45, 7) is 2.00. The zero-order chi connectivity index (χ0) is 14.4. The van der Waals surface area contributed by atoms with Crippen LogP contribution in [0.3, 0.4) is 0 Å². The van der Waals surface area contributed by atoms with Gasteiger partial charge in [-0.05, 0) is 24.5 Å². The number of aromatic amines is 1. The molecule has 1 unspecified atom stereocenters. The standard InChI is InChI=1S/C15H19N3O2/c1-2-12(15-16-9-10-17-15)18-14(20)8-7-11-5-3-4-6-13(11)19/h3-6,9-10,12,19H,2,7-8H2,1H3,(H,16,17)(H,18,20). The largest absolute Gasteiger partial charge is 0.508 e. The van der Waals surface area contributed by atoms with Gasteiger partial charge < -0.3 is 15.4 Å². The summed E-state index contributed by atoms with van der Waals surface area (Å²) in [4.78, 5) is 19.1. The second-order valence-corrected chi connectivity index (χ2v) is 4.63. The Morgan fingerprint density at radius 3 is 2.90 bits per heavy atom. The van der Waals surface area contributed by atoms with Crippen LogP contribution in [0.4, 0.5) is 0 Å². The Balaban J connectivity index is 1.88. The molecule has 1 heterocycles. The van der Waals surface area contributed by atoms with Crippen molar-refractivity contribution in [3.05, 3.63) is 48.0 Å². The van der Waals surface area contributed by atoms with Gasteiger partial charge in [0.25, 0.3) is 0 Å². The second kappa shape index (κ2) is 6.75. The number of aromatic nitrogens is 2. The minimum atomic E-state index is -0.0955. The molecule has 1 atom stereocenters. The van der Waals surface area contributed by atoms with Gasteiger partial charge >= 0.3 is 0 Å². The average molecular weight is 273 g/mol. The van der Waals surface area contributed by atoms with E-state index in [1.54, 1.807) is 24.5 Å². The number of para-hydroxylation sites is 1. The van der Waals surface area contributed by atoms with Crippen LogP contribution < -0.4 is 5.32 Å². The van der Waals surface area contributed by atoms with Crippen LogP contribution in [0.25, 0.3) is 0 Å². The number of aromatic hydroxyl groups is 1. The first kappa shape index (κ1) is 14.1. The van der Waals surface area contributed by atoms with Crippen molar-refractivity contribution in [2.24, 2.45) is 0 Å². The number of carbonyl (C=O) groups is 1. The van der Waals surface area contributed by atoms with Crippen molar-refractivity contribution in [3.63, 3.8) is 0 Å². The zero-order valence-electron chi connectivity index (χ0n) is 11.5. The van der Waals surface area contributed by atoms with Crippen LogP contribution in [0.2, 0.25) is 0 Å². The maximum atomic E-state index is 12.0. The van der Waals surface area contributed by atoms with Gasteiger partial charge in [-0.3, -0.25) is 4.79 Å². The van der Waals surface area contributed by atoms with Gasteiger partial charge in [0, 0.05) is 18.8 Å². The van der Waals surface area contributed by atoms with Crippen molar-refractivity contribution < 1.29 is 9.90 Å². The highest BCUT2D eigenvalue weighted by Crippen LogP contribution is 2.18. The molecule has 0 fully saturated rings. The van der Waals surface area contributed by atoms with Crippen LogP contribution in [-0.4, -0.2) is 21.0 Å². The molecular weight excluding hydrogens is 254 g/mol. The first-order chi connectivity index (χ1) is 9.70. The summed E-state index contributed by atoms with van der Waals surface area (Å²) in [6.07, 6.45) is 5.05. The lowest BCUT2D eigenvalue weighted by molar-refractivity contribution is -0.121. The number of imidazole rings is 1. The number of phenols is 1. The minimum Gasteiger partial charge on any atom is -0.508 e. The molecule has 0 radical (unpaired) electrons. The molecule has 5 nitrogen and oxygen atoms in total. The van der Waals surface area contributed by atoms with Crippen molar-refractivity contribution >= 4 is 5.91 Å². The molecule has 0 bridgehead atoms. The van der Waals surface area contributed by atoms with Crippen LogP contribution in [0.1, 0.15) is 37.2 Å². The van der Waals surface area contributed by atoms with Crippen molar-refractivity contribution in [1.82, 2.24) is 15.3 Å². The number of nitrogens with one attached hydrogen (secondary N) is 2. The first-order valence-corrected chi connectivity index (χ1v) is 6.76. The van der Waals surface area contributed by atoms with Gasteiger partial charge in [0.2, 0.25) is 5.91 Å². The summed E-state index contributed by atoms with van der Waals surface area (Å²) in [7, 11) is 0. The van der Waals surface area contributed by atoms with Crippen LogP contribution in [0, 0.1) is 0 Å². The van der Waals surface area contributed by atoms with Crippen LogP contribution in [0.5, 0.6) is 5.75 Å². The third-order valence-electron chi connectivity index (χ3n) is 3.21. The lowest BCUT2D eigenvalue weighted by atomic mass is 10.1. The maximum absolute atomic E-state index is 12.0. The van der Waals surface area contributed by atoms with E-state index < -0.39 is 0 Å². The summed E-state index contributed by atoms with van der Waals surface area (Å²) in [5.41, 5.74) is 0.786. The number of hydrogen-bond acceptors (Lipinski definition) is 3. The fourth-order valence-electron chi connectivity index (χ4n) is 2.07. The fourth-order valence-corrected chi connectivity index (χ4v) is 2.07. The van der Waals surface area contributed by atoms with E-state index in [4.69, 9.17) is 0 Å². The molecule has 2 rings (SSSR count). The topological polar surface area (TPSA) is 78.0 Å². The molecule has 0 aliphatic carbocycles. The number of benzene rings is 1. The summed E-state index contributed by atoms with van der Waals surface area (Å²) in [6, 6.07) is 6.98. The molecule has 1 aromatic carbocycles. The smallest absolute Gasteiger partial charge is 0.220 e. The summed E-state index contributed by atoms with van der Waals surface area (Å²) in [5, 5.41) is 12.6. The molecule has 0 spiro atoms. The SMILES string of the molecule is CCC(NC(=O)CCc1ccccc1O)c1ncc[nH]1. The normalized spacial score (nSPS) is 12.1. The van der Waals surface area contributed by atoms with E-state index in [-0.39, 0.29) is 17.7 Å². The van der Waals surface area contributed by atoms with Gasteiger partial charge in [0.1, 0.15) is 11.6 Å². The second-order valence-electron chi connectivity index (χ2n) is 4.63. The Morgan fingerprint density at radius 2 is 2.25 bits per heavy atom. The molecule has 5 heteroatoms. The molecule has 1 aromatic heterocycles.